The second kappa shape index (κ2) is 3.99. The molecule has 6 nitrogen and oxygen atoms in total. The van der Waals surface area contributed by atoms with Gasteiger partial charge in [0.05, 0.1) is 5.56 Å². The molecule has 0 fully saturated rings. The standard InChI is InChI=1S/C15H9N3O3/c19-12-10-5-1-2-6-11(10)13(20)15(12)18-17-14(21-15)9-4-3-7-16-8-9/h1-8,18H. The zero-order chi connectivity index (χ0) is 14.4. The summed E-state index contributed by atoms with van der Waals surface area (Å²) in [5, 5.41) is 3.99. The Morgan fingerprint density at radius 1 is 1.00 bits per heavy atom. The van der Waals surface area contributed by atoms with Gasteiger partial charge in [-0.05, 0) is 12.1 Å². The van der Waals surface area contributed by atoms with E-state index < -0.39 is 17.3 Å². The molecule has 1 aliphatic heterocycles. The molecule has 2 aromatic rings. The van der Waals surface area contributed by atoms with E-state index in [1.807, 2.05) is 0 Å². The first-order valence-electron chi connectivity index (χ1n) is 6.35. The number of fused-ring (bicyclic) bond motifs is 1. The van der Waals surface area contributed by atoms with Crippen molar-refractivity contribution in [3.05, 3.63) is 65.5 Å². The van der Waals surface area contributed by atoms with Crippen molar-refractivity contribution in [3.8, 4) is 0 Å². The molecule has 102 valence electrons. The number of hydrogen-bond acceptors (Lipinski definition) is 6. The Morgan fingerprint density at radius 3 is 2.33 bits per heavy atom. The summed E-state index contributed by atoms with van der Waals surface area (Å²) >= 11 is 0. The number of hydrogen-bond donors (Lipinski definition) is 1. The minimum absolute atomic E-state index is 0.178. The highest BCUT2D eigenvalue weighted by Crippen LogP contribution is 2.34. The molecule has 1 N–H and O–H groups in total. The van der Waals surface area contributed by atoms with E-state index in [-0.39, 0.29) is 5.90 Å². The minimum Gasteiger partial charge on any atom is -0.432 e. The Bertz CT molecular complexity index is 764. The van der Waals surface area contributed by atoms with E-state index in [1.165, 1.54) is 0 Å². The van der Waals surface area contributed by atoms with Crippen molar-refractivity contribution < 1.29 is 14.3 Å². The lowest BCUT2D eigenvalue weighted by Gasteiger charge is -2.18. The smallest absolute Gasteiger partial charge is 0.324 e. The van der Waals surface area contributed by atoms with Gasteiger partial charge >= 0.3 is 5.72 Å². The van der Waals surface area contributed by atoms with Gasteiger partial charge < -0.3 is 4.74 Å². The Hall–Kier alpha value is -3.02. The number of benzene rings is 1. The number of carbonyl (C=O) groups excluding carboxylic acids is 2. The summed E-state index contributed by atoms with van der Waals surface area (Å²) in [5.74, 6) is -0.672. The number of rotatable bonds is 1. The number of ketones is 2. The van der Waals surface area contributed by atoms with Crippen LogP contribution in [0.2, 0.25) is 0 Å². The van der Waals surface area contributed by atoms with E-state index in [1.54, 1.807) is 48.8 Å². The number of carbonyl (C=O) groups is 2. The molecule has 0 amide bonds. The zero-order valence-corrected chi connectivity index (χ0v) is 10.7. The summed E-state index contributed by atoms with van der Waals surface area (Å²) in [6.07, 6.45) is 3.17. The lowest BCUT2D eigenvalue weighted by atomic mass is 10.1. The quantitative estimate of drug-likeness (QED) is 0.792. The van der Waals surface area contributed by atoms with Crippen molar-refractivity contribution in [2.24, 2.45) is 5.10 Å². The normalized spacial score (nSPS) is 18.2. The molecule has 6 heteroatoms. The fourth-order valence-corrected chi connectivity index (χ4v) is 2.49. The topological polar surface area (TPSA) is 80.7 Å². The Kier molecular flexibility index (Phi) is 2.24. The van der Waals surface area contributed by atoms with Crippen molar-refractivity contribution in [1.29, 1.82) is 0 Å². The van der Waals surface area contributed by atoms with Crippen LogP contribution in [0.4, 0.5) is 0 Å². The van der Waals surface area contributed by atoms with E-state index in [4.69, 9.17) is 4.74 Å². The molecule has 0 saturated carbocycles. The summed E-state index contributed by atoms with van der Waals surface area (Å²) in [6.45, 7) is 0. The lowest BCUT2D eigenvalue weighted by molar-refractivity contribution is 0.0363. The molecule has 2 aliphatic rings. The number of nitrogens with one attached hydrogen (secondary N) is 1. The molecule has 0 unspecified atom stereocenters. The highest BCUT2D eigenvalue weighted by molar-refractivity contribution is 6.33. The third-order valence-corrected chi connectivity index (χ3v) is 3.53. The molecule has 0 atom stereocenters. The first-order chi connectivity index (χ1) is 10.2. The summed E-state index contributed by atoms with van der Waals surface area (Å²) in [4.78, 5) is 29.0. The van der Waals surface area contributed by atoms with Gasteiger partial charge in [-0.1, -0.05) is 24.3 Å². The second-order valence-electron chi connectivity index (χ2n) is 4.76. The predicted octanol–water partition coefficient (Wildman–Crippen LogP) is 1.14. The average molecular weight is 279 g/mol. The Labute approximate surface area is 119 Å². The largest absolute Gasteiger partial charge is 0.432 e. The maximum atomic E-state index is 12.5. The molecule has 1 aromatic heterocycles. The third kappa shape index (κ3) is 1.47. The monoisotopic (exact) mass is 279 g/mol. The van der Waals surface area contributed by atoms with Crippen LogP contribution in [-0.2, 0) is 4.74 Å². The number of pyridine rings is 1. The highest BCUT2D eigenvalue weighted by atomic mass is 16.6. The van der Waals surface area contributed by atoms with E-state index in [0.717, 1.165) is 0 Å². The first kappa shape index (κ1) is 11.8. The minimum atomic E-state index is -1.77. The van der Waals surface area contributed by atoms with Crippen LogP contribution in [-0.4, -0.2) is 28.2 Å². The van der Waals surface area contributed by atoms with Gasteiger partial charge in [0.25, 0.3) is 0 Å². The number of hydrazone groups is 1. The molecular weight excluding hydrogens is 270 g/mol. The first-order valence-corrected chi connectivity index (χ1v) is 6.35. The predicted molar refractivity (Wildman–Crippen MR) is 72.8 cm³/mol. The zero-order valence-electron chi connectivity index (χ0n) is 10.7. The molecule has 1 spiro atoms. The van der Waals surface area contributed by atoms with Gasteiger partial charge in [-0.3, -0.25) is 20.0 Å². The van der Waals surface area contributed by atoms with Crippen LogP contribution >= 0.6 is 0 Å². The van der Waals surface area contributed by atoms with Crippen LogP contribution in [0.5, 0.6) is 0 Å². The summed E-state index contributed by atoms with van der Waals surface area (Å²) in [5.41, 5.74) is 2.08. The average Bonchev–Trinajstić information content (AvgIpc) is 3.08. The molecule has 1 aromatic carbocycles. The van der Waals surface area contributed by atoms with E-state index >= 15 is 0 Å². The van der Waals surface area contributed by atoms with Crippen molar-refractivity contribution in [2.75, 3.05) is 0 Å². The van der Waals surface area contributed by atoms with Crippen LogP contribution in [0.25, 0.3) is 0 Å². The van der Waals surface area contributed by atoms with Gasteiger partial charge in [0.2, 0.25) is 17.5 Å². The van der Waals surface area contributed by atoms with Gasteiger partial charge in [0.1, 0.15) is 0 Å². The number of aromatic nitrogens is 1. The second-order valence-corrected chi connectivity index (χ2v) is 4.76. The molecule has 1 aliphatic carbocycles. The van der Waals surface area contributed by atoms with E-state index in [9.17, 15) is 9.59 Å². The van der Waals surface area contributed by atoms with Crippen molar-refractivity contribution >= 4 is 17.5 Å². The van der Waals surface area contributed by atoms with Crippen molar-refractivity contribution in [1.82, 2.24) is 10.4 Å². The van der Waals surface area contributed by atoms with E-state index in [0.29, 0.717) is 16.7 Å². The number of nitrogens with zero attached hydrogens (tertiary/aromatic N) is 2. The van der Waals surface area contributed by atoms with Gasteiger partial charge in [0.15, 0.2) is 0 Å². The van der Waals surface area contributed by atoms with Crippen LogP contribution in [0.1, 0.15) is 26.3 Å². The van der Waals surface area contributed by atoms with Gasteiger partial charge in [-0.15, -0.1) is 5.10 Å². The fourth-order valence-electron chi connectivity index (χ4n) is 2.49. The molecule has 2 heterocycles. The summed E-state index contributed by atoms with van der Waals surface area (Å²) in [7, 11) is 0. The Balaban J connectivity index is 1.74. The summed E-state index contributed by atoms with van der Waals surface area (Å²) in [6, 6.07) is 10.1. The van der Waals surface area contributed by atoms with Gasteiger partial charge in [-0.25, -0.2) is 0 Å². The maximum Gasteiger partial charge on any atom is 0.324 e. The molecule has 0 saturated heterocycles. The fraction of sp³-hybridized carbons (Fsp3) is 0.0667. The Morgan fingerprint density at radius 2 is 1.71 bits per heavy atom. The highest BCUT2D eigenvalue weighted by Gasteiger charge is 2.59. The van der Waals surface area contributed by atoms with Crippen LogP contribution in [0.15, 0.2) is 53.9 Å². The maximum absolute atomic E-state index is 12.5. The lowest BCUT2D eigenvalue weighted by Crippen LogP contribution is -2.51. The van der Waals surface area contributed by atoms with E-state index in [2.05, 4.69) is 15.5 Å². The molecule has 0 radical (unpaired) electrons. The van der Waals surface area contributed by atoms with Crippen LogP contribution in [0.3, 0.4) is 0 Å². The van der Waals surface area contributed by atoms with Crippen molar-refractivity contribution in [3.63, 3.8) is 0 Å². The van der Waals surface area contributed by atoms with Gasteiger partial charge in [-0.2, -0.15) is 0 Å². The summed E-state index contributed by atoms with van der Waals surface area (Å²) < 4.78 is 5.60. The van der Waals surface area contributed by atoms with Crippen molar-refractivity contribution in [2.45, 2.75) is 5.72 Å². The van der Waals surface area contributed by atoms with Crippen LogP contribution in [0, 0.1) is 0 Å². The van der Waals surface area contributed by atoms with Gasteiger partial charge in [0, 0.05) is 23.5 Å². The molecular formula is C15H9N3O3. The number of ether oxygens (including phenoxy) is 1. The molecule has 0 bridgehead atoms. The number of Topliss-reactive ketones (excluding diaryl/α,β-unsaturated/α-hetero) is 2. The third-order valence-electron chi connectivity index (χ3n) is 3.53. The van der Waals surface area contributed by atoms with Crippen LogP contribution < -0.4 is 5.43 Å². The molecule has 4 rings (SSSR count). The SMILES string of the molecule is O=C1c2ccccc2C(=O)C12NN=C(c1cccnc1)O2. The molecule has 21 heavy (non-hydrogen) atoms.